The summed E-state index contributed by atoms with van der Waals surface area (Å²) in [7, 11) is 0. The number of aromatic nitrogens is 1. The molecule has 2 aliphatic heterocycles. The third-order valence-electron chi connectivity index (χ3n) is 3.78. The van der Waals surface area contributed by atoms with E-state index in [1.165, 1.54) is 0 Å². The van der Waals surface area contributed by atoms with E-state index >= 15 is 0 Å². The van der Waals surface area contributed by atoms with Crippen LogP contribution in [-0.4, -0.2) is 30.8 Å². The highest BCUT2D eigenvalue weighted by Gasteiger charge is 2.29. The van der Waals surface area contributed by atoms with Gasteiger partial charge in [0.15, 0.2) is 0 Å². The molecule has 2 N–H and O–H groups in total. The Bertz CT molecular complexity index is 675. The van der Waals surface area contributed by atoms with E-state index in [1.54, 1.807) is 0 Å². The van der Waals surface area contributed by atoms with Gasteiger partial charge in [-0.15, -0.1) is 0 Å². The van der Waals surface area contributed by atoms with Crippen LogP contribution in [0.3, 0.4) is 0 Å². The Kier molecular flexibility index (Phi) is 3.03. The lowest BCUT2D eigenvalue weighted by Crippen LogP contribution is -3.00. The summed E-state index contributed by atoms with van der Waals surface area (Å²) in [5, 5.41) is 12.3. The second-order valence-corrected chi connectivity index (χ2v) is 5.34. The van der Waals surface area contributed by atoms with E-state index in [9.17, 15) is 5.21 Å². The lowest BCUT2D eigenvalue weighted by Gasteiger charge is -2.15. The average Bonchev–Trinajstić information content (AvgIpc) is 3.08. The maximum atomic E-state index is 12.2. The third kappa shape index (κ3) is 2.47. The number of fused-ring (bicyclic) bond motifs is 1. The molecule has 4 rings (SSSR count). The zero-order valence-electron chi connectivity index (χ0n) is 11.5. The molecule has 0 bridgehead atoms. The summed E-state index contributed by atoms with van der Waals surface area (Å²) in [6.07, 6.45) is 4.09. The number of benzene rings is 1. The van der Waals surface area contributed by atoms with Crippen LogP contribution in [-0.2, 0) is 4.74 Å². The van der Waals surface area contributed by atoms with E-state index in [2.05, 4.69) is 4.98 Å². The highest BCUT2D eigenvalue weighted by atomic mass is 16.6. The third-order valence-corrected chi connectivity index (χ3v) is 3.78. The molecule has 5 heteroatoms. The van der Waals surface area contributed by atoms with Crippen molar-refractivity contribution in [3.8, 4) is 5.75 Å². The van der Waals surface area contributed by atoms with Gasteiger partial charge in [0.05, 0.1) is 12.2 Å². The molecule has 3 heterocycles. The predicted molar refractivity (Wildman–Crippen MR) is 79.2 cm³/mol. The van der Waals surface area contributed by atoms with E-state index in [-0.39, 0.29) is 11.2 Å². The second-order valence-electron chi connectivity index (χ2n) is 5.34. The fourth-order valence-electron chi connectivity index (χ4n) is 2.66. The van der Waals surface area contributed by atoms with Crippen molar-refractivity contribution in [3.63, 3.8) is 0 Å². The molecule has 108 valence electrons. The quantitative estimate of drug-likeness (QED) is 0.658. The number of hydrogen-bond donors (Lipinski definition) is 2. The summed E-state index contributed by atoms with van der Waals surface area (Å²) in [5.41, 5.74) is 3.68. The molecule has 1 fully saturated rings. The Morgan fingerprint density at radius 2 is 2.29 bits per heavy atom. The first-order valence-electron chi connectivity index (χ1n) is 7.06. The molecule has 2 unspecified atom stereocenters. The summed E-state index contributed by atoms with van der Waals surface area (Å²) < 4.78 is 11.0. The average molecular weight is 284 g/mol. The summed E-state index contributed by atoms with van der Waals surface area (Å²) in [6, 6.07) is 9.58. The number of H-pyrrole nitrogens is 1. The molecule has 2 atom stereocenters. The minimum atomic E-state index is 0.149. The molecule has 1 saturated heterocycles. The molecule has 0 spiro atoms. The van der Waals surface area contributed by atoms with Gasteiger partial charge < -0.3 is 24.7 Å². The fourth-order valence-corrected chi connectivity index (χ4v) is 2.66. The number of hydrogen-bond acceptors (Lipinski definition) is 3. The van der Waals surface area contributed by atoms with Crippen molar-refractivity contribution >= 4 is 17.3 Å². The van der Waals surface area contributed by atoms with E-state index in [4.69, 9.17) is 9.47 Å². The van der Waals surface area contributed by atoms with Crippen molar-refractivity contribution in [1.29, 1.82) is 0 Å². The second kappa shape index (κ2) is 5.04. The number of hydroxylamine groups is 1. The normalized spacial score (nSPS) is 25.1. The van der Waals surface area contributed by atoms with Crippen molar-refractivity contribution < 1.29 is 14.5 Å². The predicted octanol–water partition coefficient (Wildman–Crippen LogP) is 1.36. The Morgan fingerprint density at radius 3 is 3.05 bits per heavy atom. The number of quaternary nitrogens is 1. The van der Waals surface area contributed by atoms with Crippen LogP contribution in [0, 0.1) is 5.21 Å². The van der Waals surface area contributed by atoms with Crippen molar-refractivity contribution in [2.45, 2.75) is 6.10 Å². The van der Waals surface area contributed by atoms with Crippen LogP contribution >= 0.6 is 0 Å². The summed E-state index contributed by atoms with van der Waals surface area (Å²) >= 11 is 0. The van der Waals surface area contributed by atoms with E-state index in [0.29, 0.717) is 13.2 Å². The van der Waals surface area contributed by atoms with Gasteiger partial charge in [-0.2, -0.15) is 0 Å². The molecule has 1 aromatic carbocycles. The Morgan fingerprint density at radius 1 is 1.38 bits per heavy atom. The van der Waals surface area contributed by atoms with Crippen LogP contribution in [0.5, 0.6) is 5.75 Å². The molecule has 0 radical (unpaired) electrons. The Hall–Kier alpha value is -2.08. The first-order chi connectivity index (χ1) is 10.3. The Balaban J connectivity index is 1.71. The number of ether oxygens (including phenoxy) is 2. The van der Waals surface area contributed by atoms with Crippen molar-refractivity contribution in [3.05, 3.63) is 53.0 Å². The first kappa shape index (κ1) is 12.6. The molecule has 0 amide bonds. The minimum Gasteiger partial charge on any atom is -0.629 e. The molecular weight excluding hydrogens is 268 g/mol. The van der Waals surface area contributed by atoms with E-state index in [0.717, 1.165) is 34.9 Å². The van der Waals surface area contributed by atoms with Gasteiger partial charge in [0.25, 0.3) is 0 Å². The summed E-state index contributed by atoms with van der Waals surface area (Å²) in [6.45, 7) is 1.73. The van der Waals surface area contributed by atoms with Crippen molar-refractivity contribution in [2.75, 3.05) is 19.8 Å². The molecule has 2 aliphatic rings. The number of epoxide rings is 1. The van der Waals surface area contributed by atoms with Gasteiger partial charge in [-0.1, -0.05) is 6.07 Å². The monoisotopic (exact) mass is 284 g/mol. The van der Waals surface area contributed by atoms with Crippen LogP contribution in [0.15, 0.2) is 36.5 Å². The molecule has 21 heavy (non-hydrogen) atoms. The van der Waals surface area contributed by atoms with Gasteiger partial charge in [0.1, 0.15) is 30.7 Å². The van der Waals surface area contributed by atoms with Crippen LogP contribution in [0.1, 0.15) is 11.3 Å². The number of nitrogens with one attached hydrogen (secondary N) is 2. The van der Waals surface area contributed by atoms with Crippen LogP contribution in [0.4, 0.5) is 5.69 Å². The molecule has 5 nitrogen and oxygen atoms in total. The van der Waals surface area contributed by atoms with Crippen LogP contribution in [0.25, 0.3) is 11.6 Å². The van der Waals surface area contributed by atoms with Gasteiger partial charge in [-0.05, 0) is 24.3 Å². The zero-order chi connectivity index (χ0) is 14.2. The molecule has 1 aromatic heterocycles. The van der Waals surface area contributed by atoms with Crippen LogP contribution < -0.4 is 9.80 Å². The van der Waals surface area contributed by atoms with Crippen molar-refractivity contribution in [2.24, 2.45) is 0 Å². The molecule has 2 aromatic rings. The number of rotatable bonds is 4. The lowest BCUT2D eigenvalue weighted by atomic mass is 10.1. The highest BCUT2D eigenvalue weighted by Crippen LogP contribution is 2.35. The Labute approximate surface area is 122 Å². The highest BCUT2D eigenvalue weighted by molar-refractivity contribution is 5.89. The first-order valence-corrected chi connectivity index (χ1v) is 7.06. The van der Waals surface area contributed by atoms with Crippen LogP contribution in [0.2, 0.25) is 0 Å². The smallest absolute Gasteiger partial charge is 0.143 e. The van der Waals surface area contributed by atoms with Crippen molar-refractivity contribution in [1.82, 2.24) is 4.98 Å². The maximum Gasteiger partial charge on any atom is 0.143 e. The standard InChI is InChI=1S/C16H16N2O3/c19-18-8-11(7-12-3-2-6-17-12)16-14(18)4-1-5-15(16)21-10-13-9-20-13/h1-7,13,17-18H,8-10H2. The minimum absolute atomic E-state index is 0.149. The lowest BCUT2D eigenvalue weighted by molar-refractivity contribution is -0.762. The van der Waals surface area contributed by atoms with E-state index in [1.807, 2.05) is 42.6 Å². The maximum absolute atomic E-state index is 12.2. The SMILES string of the molecule is [O-][NH+]1CC(=Cc2ccc[nH]2)c2c(OCC3CO3)cccc21. The summed E-state index contributed by atoms with van der Waals surface area (Å²) in [4.78, 5) is 3.14. The van der Waals surface area contributed by atoms with E-state index < -0.39 is 0 Å². The van der Waals surface area contributed by atoms with Gasteiger partial charge in [-0.3, -0.25) is 0 Å². The molecule has 0 aliphatic carbocycles. The van der Waals surface area contributed by atoms with Gasteiger partial charge in [0, 0.05) is 23.5 Å². The zero-order valence-corrected chi connectivity index (χ0v) is 11.5. The number of aromatic amines is 1. The van der Waals surface area contributed by atoms with Gasteiger partial charge >= 0.3 is 0 Å². The fraction of sp³-hybridized carbons (Fsp3) is 0.250. The topological polar surface area (TPSA) is 65.0 Å². The summed E-state index contributed by atoms with van der Waals surface area (Å²) in [5.74, 6) is 0.770. The van der Waals surface area contributed by atoms with Gasteiger partial charge in [-0.25, -0.2) is 0 Å². The molecule has 0 saturated carbocycles. The van der Waals surface area contributed by atoms with Gasteiger partial charge in [0.2, 0.25) is 0 Å². The molecular formula is C16H16N2O3. The largest absolute Gasteiger partial charge is 0.629 e.